The van der Waals surface area contributed by atoms with Gasteiger partial charge >= 0.3 is 5.97 Å². The van der Waals surface area contributed by atoms with Crippen molar-refractivity contribution in [3.8, 4) is 0 Å². The van der Waals surface area contributed by atoms with Gasteiger partial charge in [0.25, 0.3) is 0 Å². The lowest BCUT2D eigenvalue weighted by molar-refractivity contribution is -0.145. The maximum atomic E-state index is 12.0. The number of thiol groups is 1. The molecule has 0 heterocycles. The third kappa shape index (κ3) is 8.16. The van der Waals surface area contributed by atoms with Gasteiger partial charge in [-0.05, 0) is 26.3 Å². The molecular formula is C13H26N4O5S. The summed E-state index contributed by atoms with van der Waals surface area (Å²) in [5, 5.41) is 22.8. The zero-order valence-corrected chi connectivity index (χ0v) is 14.0. The number of carbonyl (C=O) groups excluding carboxylic acids is 2. The van der Waals surface area contributed by atoms with Gasteiger partial charge < -0.3 is 32.3 Å². The van der Waals surface area contributed by atoms with E-state index in [4.69, 9.17) is 16.6 Å². The fourth-order valence-electron chi connectivity index (χ4n) is 1.76. The van der Waals surface area contributed by atoms with Gasteiger partial charge in [0.2, 0.25) is 11.8 Å². The predicted octanol–water partition coefficient (Wildman–Crippen LogP) is -2.19. The number of nitrogens with one attached hydrogen (secondary N) is 2. The molecule has 0 aliphatic heterocycles. The molecule has 10 heteroatoms. The van der Waals surface area contributed by atoms with E-state index in [9.17, 15) is 19.5 Å². The summed E-state index contributed by atoms with van der Waals surface area (Å²) in [5.41, 5.74) is 11.1. The molecular weight excluding hydrogens is 324 g/mol. The summed E-state index contributed by atoms with van der Waals surface area (Å²) in [5.74, 6) is -2.70. The number of nitrogens with two attached hydrogens (primary N) is 2. The van der Waals surface area contributed by atoms with Gasteiger partial charge in [-0.1, -0.05) is 6.42 Å². The number of hydrogen-bond donors (Lipinski definition) is 7. The van der Waals surface area contributed by atoms with Crippen LogP contribution in [0.15, 0.2) is 0 Å². The Kier molecular flexibility index (Phi) is 10.6. The Morgan fingerprint density at radius 3 is 2.22 bits per heavy atom. The number of carboxylic acid groups (broad SMARTS) is 1. The summed E-state index contributed by atoms with van der Waals surface area (Å²) in [6, 6.07) is -3.31. The third-order valence-corrected chi connectivity index (χ3v) is 3.53. The molecule has 0 rings (SSSR count). The topological polar surface area (TPSA) is 168 Å². The van der Waals surface area contributed by atoms with Gasteiger partial charge in [-0.2, -0.15) is 12.6 Å². The van der Waals surface area contributed by atoms with Gasteiger partial charge in [0.05, 0.1) is 12.1 Å². The summed E-state index contributed by atoms with van der Waals surface area (Å²) in [6.45, 7) is 1.74. The molecule has 0 aromatic rings. The van der Waals surface area contributed by atoms with Crippen LogP contribution in [-0.4, -0.2) is 64.5 Å². The van der Waals surface area contributed by atoms with Gasteiger partial charge in [0.1, 0.15) is 6.04 Å². The second kappa shape index (κ2) is 11.2. The molecule has 0 aromatic carbocycles. The minimum absolute atomic E-state index is 0.0424. The number of amides is 2. The molecule has 23 heavy (non-hydrogen) atoms. The Balaban J connectivity index is 4.60. The molecule has 2 amide bonds. The van der Waals surface area contributed by atoms with Gasteiger partial charge in [-0.15, -0.1) is 0 Å². The number of carboxylic acids is 1. The lowest BCUT2D eigenvalue weighted by Crippen LogP contribution is -2.57. The Morgan fingerprint density at radius 2 is 1.78 bits per heavy atom. The molecule has 9 nitrogen and oxygen atoms in total. The van der Waals surface area contributed by atoms with Gasteiger partial charge in [-0.3, -0.25) is 9.59 Å². The number of rotatable bonds is 11. The fraction of sp³-hybridized carbons (Fsp3) is 0.769. The number of carbonyl (C=O) groups is 3. The number of aliphatic hydroxyl groups is 1. The number of aliphatic carboxylic acids is 1. The highest BCUT2D eigenvalue weighted by Crippen LogP contribution is 2.00. The van der Waals surface area contributed by atoms with Crippen molar-refractivity contribution in [3.05, 3.63) is 0 Å². The van der Waals surface area contributed by atoms with Crippen molar-refractivity contribution in [1.29, 1.82) is 0 Å². The van der Waals surface area contributed by atoms with Gasteiger partial charge in [0.15, 0.2) is 6.04 Å². The SMILES string of the molecule is CC(O)C(NC(=O)C(CS)NC(=O)C(N)CCCCN)C(=O)O. The van der Waals surface area contributed by atoms with Crippen molar-refractivity contribution in [2.24, 2.45) is 11.5 Å². The summed E-state index contributed by atoms with van der Waals surface area (Å²) >= 11 is 3.97. The van der Waals surface area contributed by atoms with Crippen molar-refractivity contribution >= 4 is 30.4 Å². The first-order valence-corrected chi connectivity index (χ1v) is 7.95. The molecule has 0 aliphatic carbocycles. The molecule has 0 saturated heterocycles. The van der Waals surface area contributed by atoms with Crippen LogP contribution in [0.2, 0.25) is 0 Å². The van der Waals surface area contributed by atoms with E-state index in [1.807, 2.05) is 0 Å². The second-order valence-corrected chi connectivity index (χ2v) is 5.56. The first-order valence-electron chi connectivity index (χ1n) is 7.32. The minimum Gasteiger partial charge on any atom is -0.480 e. The molecule has 0 aliphatic rings. The Morgan fingerprint density at radius 1 is 1.17 bits per heavy atom. The molecule has 4 atom stereocenters. The first-order chi connectivity index (χ1) is 10.7. The predicted molar refractivity (Wildman–Crippen MR) is 87.9 cm³/mol. The minimum atomic E-state index is -1.47. The maximum absolute atomic E-state index is 12.0. The fourth-order valence-corrected chi connectivity index (χ4v) is 2.01. The van der Waals surface area contributed by atoms with Crippen LogP contribution in [0.1, 0.15) is 26.2 Å². The van der Waals surface area contributed by atoms with E-state index in [1.54, 1.807) is 0 Å². The van der Waals surface area contributed by atoms with E-state index in [1.165, 1.54) is 6.92 Å². The highest BCUT2D eigenvalue weighted by Gasteiger charge is 2.29. The molecule has 0 saturated carbocycles. The van der Waals surface area contributed by atoms with Crippen molar-refractivity contribution in [2.75, 3.05) is 12.3 Å². The standard InChI is InChI=1S/C13H26N4O5S/c1-7(18)10(13(21)22)17-12(20)9(6-23)16-11(19)8(15)4-2-3-5-14/h7-10,18,23H,2-6,14-15H2,1H3,(H,16,19)(H,17,20)(H,21,22). The van der Waals surface area contributed by atoms with Crippen LogP contribution < -0.4 is 22.1 Å². The average Bonchev–Trinajstić information content (AvgIpc) is 2.48. The Hall–Kier alpha value is -1.36. The van der Waals surface area contributed by atoms with Crippen LogP contribution in [0.4, 0.5) is 0 Å². The Bertz CT molecular complexity index is 408. The highest BCUT2D eigenvalue weighted by molar-refractivity contribution is 7.80. The summed E-state index contributed by atoms with van der Waals surface area (Å²) in [4.78, 5) is 34.9. The monoisotopic (exact) mass is 350 g/mol. The average molecular weight is 350 g/mol. The number of hydrogen-bond acceptors (Lipinski definition) is 7. The lowest BCUT2D eigenvalue weighted by atomic mass is 10.1. The third-order valence-electron chi connectivity index (χ3n) is 3.17. The highest BCUT2D eigenvalue weighted by atomic mass is 32.1. The zero-order valence-electron chi connectivity index (χ0n) is 13.1. The van der Waals surface area contributed by atoms with Crippen LogP contribution in [0.5, 0.6) is 0 Å². The van der Waals surface area contributed by atoms with Crippen LogP contribution in [0.3, 0.4) is 0 Å². The van der Waals surface area contributed by atoms with Crippen LogP contribution in [0.25, 0.3) is 0 Å². The van der Waals surface area contributed by atoms with Crippen molar-refractivity contribution in [2.45, 2.75) is 50.4 Å². The maximum Gasteiger partial charge on any atom is 0.328 e. The smallest absolute Gasteiger partial charge is 0.328 e. The summed E-state index contributed by atoms with van der Waals surface area (Å²) in [6.07, 6.45) is 0.569. The molecule has 0 radical (unpaired) electrons. The van der Waals surface area contributed by atoms with E-state index >= 15 is 0 Å². The van der Waals surface area contributed by atoms with Crippen LogP contribution >= 0.6 is 12.6 Å². The molecule has 4 unspecified atom stereocenters. The first kappa shape index (κ1) is 21.6. The molecule has 8 N–H and O–H groups in total. The molecule has 0 bridgehead atoms. The molecule has 0 fully saturated rings. The second-order valence-electron chi connectivity index (χ2n) is 5.20. The van der Waals surface area contributed by atoms with Crippen molar-refractivity contribution < 1.29 is 24.6 Å². The van der Waals surface area contributed by atoms with Crippen LogP contribution in [-0.2, 0) is 14.4 Å². The number of unbranched alkanes of at least 4 members (excludes halogenated alkanes) is 1. The van der Waals surface area contributed by atoms with Gasteiger partial charge in [0, 0.05) is 5.75 Å². The Labute approximate surface area is 140 Å². The normalized spacial score (nSPS) is 16.0. The van der Waals surface area contributed by atoms with E-state index in [0.717, 1.165) is 6.42 Å². The molecule has 134 valence electrons. The number of aliphatic hydroxyl groups excluding tert-OH is 1. The quantitative estimate of drug-likeness (QED) is 0.164. The largest absolute Gasteiger partial charge is 0.480 e. The van der Waals surface area contributed by atoms with Crippen molar-refractivity contribution in [1.82, 2.24) is 10.6 Å². The van der Waals surface area contributed by atoms with E-state index in [-0.39, 0.29) is 5.75 Å². The summed E-state index contributed by atoms with van der Waals surface area (Å²) in [7, 11) is 0. The van der Waals surface area contributed by atoms with Crippen molar-refractivity contribution in [3.63, 3.8) is 0 Å². The van der Waals surface area contributed by atoms with Crippen LogP contribution in [0, 0.1) is 0 Å². The van der Waals surface area contributed by atoms with Gasteiger partial charge in [-0.25, -0.2) is 4.79 Å². The molecule has 0 spiro atoms. The summed E-state index contributed by atoms with van der Waals surface area (Å²) < 4.78 is 0. The van der Waals surface area contributed by atoms with E-state index in [2.05, 4.69) is 23.3 Å². The van der Waals surface area contributed by atoms with E-state index < -0.39 is 42.0 Å². The lowest BCUT2D eigenvalue weighted by Gasteiger charge is -2.22. The molecule has 0 aromatic heterocycles. The zero-order chi connectivity index (χ0) is 18.0. The van der Waals surface area contributed by atoms with E-state index in [0.29, 0.717) is 19.4 Å².